The highest BCUT2D eigenvalue weighted by atomic mass is 35.5. The maximum atomic E-state index is 12.2. The number of pyridine rings is 1. The fraction of sp³-hybridized carbons (Fsp3) is 0.389. The minimum absolute atomic E-state index is 0.0693. The van der Waals surface area contributed by atoms with Crippen molar-refractivity contribution in [3.63, 3.8) is 0 Å². The van der Waals surface area contributed by atoms with Gasteiger partial charge in [0.1, 0.15) is 5.76 Å². The number of carbonyl (C=O) groups is 1. The molecule has 0 saturated heterocycles. The average Bonchev–Trinajstić information content (AvgIpc) is 3.06. The summed E-state index contributed by atoms with van der Waals surface area (Å²) in [6.07, 6.45) is 6.35. The highest BCUT2D eigenvalue weighted by molar-refractivity contribution is 6.30. The van der Waals surface area contributed by atoms with Crippen LogP contribution in [0, 0.1) is 18.8 Å². The van der Waals surface area contributed by atoms with Crippen LogP contribution in [0.15, 0.2) is 35.4 Å². The van der Waals surface area contributed by atoms with Crippen molar-refractivity contribution in [1.82, 2.24) is 19.9 Å². The van der Waals surface area contributed by atoms with Crippen molar-refractivity contribution in [1.29, 1.82) is 0 Å². The topological polar surface area (TPSA) is 92.7 Å². The molecule has 0 radical (unpaired) electrons. The second kappa shape index (κ2) is 5.31. The van der Waals surface area contributed by atoms with Crippen molar-refractivity contribution in [2.75, 3.05) is 0 Å². The van der Waals surface area contributed by atoms with Gasteiger partial charge in [-0.25, -0.2) is 4.98 Å². The van der Waals surface area contributed by atoms with E-state index >= 15 is 0 Å². The highest BCUT2D eigenvalue weighted by Gasteiger charge is 2.62. The molecule has 5 rings (SSSR count). The van der Waals surface area contributed by atoms with Gasteiger partial charge in [0.05, 0.1) is 28.7 Å². The van der Waals surface area contributed by atoms with Crippen LogP contribution in [0.1, 0.15) is 34.7 Å². The van der Waals surface area contributed by atoms with Crippen molar-refractivity contribution < 1.29 is 14.4 Å². The van der Waals surface area contributed by atoms with E-state index in [9.17, 15) is 9.90 Å². The lowest BCUT2D eigenvalue weighted by molar-refractivity contribution is 0.0289. The first kappa shape index (κ1) is 15.8. The van der Waals surface area contributed by atoms with Gasteiger partial charge >= 0.3 is 0 Å². The maximum absolute atomic E-state index is 12.2. The molecule has 2 N–H and O–H groups in total. The molecule has 0 aliphatic heterocycles. The van der Waals surface area contributed by atoms with Crippen LogP contribution < -0.4 is 5.32 Å². The Kier molecular flexibility index (Phi) is 3.24. The first-order valence-electron chi connectivity index (χ1n) is 8.53. The molecule has 2 fully saturated rings. The largest absolute Gasteiger partial charge is 0.385 e. The second-order valence-corrected chi connectivity index (χ2v) is 7.78. The molecule has 0 spiro atoms. The highest BCUT2D eigenvalue weighted by Crippen LogP contribution is 2.60. The van der Waals surface area contributed by atoms with E-state index in [2.05, 4.69) is 15.5 Å². The van der Waals surface area contributed by atoms with Crippen molar-refractivity contribution in [2.45, 2.75) is 31.4 Å². The first-order valence-corrected chi connectivity index (χ1v) is 8.91. The Morgan fingerprint density at radius 1 is 1.42 bits per heavy atom. The summed E-state index contributed by atoms with van der Waals surface area (Å²) in [4.78, 5) is 16.4. The summed E-state index contributed by atoms with van der Waals surface area (Å²) >= 11 is 6.20. The second-order valence-electron chi connectivity index (χ2n) is 7.35. The van der Waals surface area contributed by atoms with E-state index in [1.165, 1.54) is 0 Å². The minimum Gasteiger partial charge on any atom is -0.385 e. The number of nitrogens with one attached hydrogen (secondary N) is 1. The first-order chi connectivity index (χ1) is 12.4. The smallest absolute Gasteiger partial charge is 0.273 e. The molecule has 3 heterocycles. The fourth-order valence-corrected chi connectivity index (χ4v) is 4.58. The molecule has 3 aromatic rings. The maximum Gasteiger partial charge on any atom is 0.273 e. The summed E-state index contributed by atoms with van der Waals surface area (Å²) in [5, 5.41) is 18.5. The monoisotopic (exact) mass is 372 g/mol. The van der Waals surface area contributed by atoms with E-state index < -0.39 is 5.60 Å². The molecule has 2 aliphatic rings. The van der Waals surface area contributed by atoms with E-state index in [-0.39, 0.29) is 23.8 Å². The minimum atomic E-state index is -0.951. The molecule has 134 valence electrons. The van der Waals surface area contributed by atoms with Crippen LogP contribution in [0.5, 0.6) is 0 Å². The van der Waals surface area contributed by atoms with Crippen molar-refractivity contribution in [3.05, 3.63) is 52.9 Å². The Labute approximate surface area is 154 Å². The summed E-state index contributed by atoms with van der Waals surface area (Å²) < 4.78 is 6.77. The van der Waals surface area contributed by atoms with E-state index in [1.54, 1.807) is 31.7 Å². The molecular formula is C18H17ClN4O3. The molecule has 0 bridgehead atoms. The summed E-state index contributed by atoms with van der Waals surface area (Å²) in [6.45, 7) is 1.75. The number of halogens is 1. The van der Waals surface area contributed by atoms with Gasteiger partial charge in [-0.05, 0) is 37.7 Å². The third-order valence-corrected chi connectivity index (χ3v) is 5.83. The van der Waals surface area contributed by atoms with Crippen LogP contribution in [-0.4, -0.2) is 31.6 Å². The van der Waals surface area contributed by atoms with Gasteiger partial charge in [0.25, 0.3) is 5.91 Å². The lowest BCUT2D eigenvalue weighted by atomic mass is 9.88. The predicted octanol–water partition coefficient (Wildman–Crippen LogP) is 2.31. The number of fused-ring (bicyclic) bond motifs is 2. The normalized spacial score (nSPS) is 29.7. The van der Waals surface area contributed by atoms with Crippen molar-refractivity contribution >= 4 is 23.0 Å². The van der Waals surface area contributed by atoms with Gasteiger partial charge in [0.2, 0.25) is 0 Å². The zero-order valence-electron chi connectivity index (χ0n) is 14.0. The molecule has 3 aromatic heterocycles. The Hall–Kier alpha value is -2.38. The number of hydrogen-bond acceptors (Lipinski definition) is 5. The van der Waals surface area contributed by atoms with Gasteiger partial charge in [-0.2, -0.15) is 0 Å². The molecule has 7 nitrogen and oxygen atoms in total. The van der Waals surface area contributed by atoms with Crippen molar-refractivity contribution in [2.24, 2.45) is 11.8 Å². The van der Waals surface area contributed by atoms with E-state index in [1.807, 2.05) is 10.5 Å². The van der Waals surface area contributed by atoms with Crippen LogP contribution in [0.2, 0.25) is 5.02 Å². The average molecular weight is 373 g/mol. The number of aliphatic hydroxyl groups is 1. The van der Waals surface area contributed by atoms with E-state index in [0.29, 0.717) is 29.3 Å². The number of hydrogen-bond donors (Lipinski definition) is 2. The third kappa shape index (κ3) is 2.34. The molecule has 2 aliphatic carbocycles. The van der Waals surface area contributed by atoms with Gasteiger partial charge in [0.15, 0.2) is 5.69 Å². The number of carbonyl (C=O) groups excluding carboxylic acids is 1. The van der Waals surface area contributed by atoms with Crippen LogP contribution >= 0.6 is 11.6 Å². The molecule has 8 heteroatoms. The number of rotatable bonds is 3. The Bertz CT molecular complexity index is 1010. The molecule has 2 saturated carbocycles. The lowest BCUT2D eigenvalue weighted by Crippen LogP contribution is -2.33. The Morgan fingerprint density at radius 3 is 2.88 bits per heavy atom. The van der Waals surface area contributed by atoms with Crippen LogP contribution in [0.25, 0.3) is 5.52 Å². The number of nitrogens with zero attached hydrogens (tertiary/aromatic N) is 3. The number of amides is 1. The zero-order chi connectivity index (χ0) is 18.1. The van der Waals surface area contributed by atoms with E-state index in [0.717, 1.165) is 11.1 Å². The summed E-state index contributed by atoms with van der Waals surface area (Å²) in [5.41, 5.74) is 0.995. The number of imidazole rings is 1. The SMILES string of the molecule is Cc1cc(C(=O)N[C@H]2[C@@H]3C[C@](O)(c4cc(Cl)cn5cncc45)C[C@@H]32)no1. The fourth-order valence-electron chi connectivity index (χ4n) is 4.37. The summed E-state index contributed by atoms with van der Waals surface area (Å²) in [5.74, 6) is 0.870. The molecule has 26 heavy (non-hydrogen) atoms. The van der Waals surface area contributed by atoms with Crippen LogP contribution in [0.4, 0.5) is 0 Å². The molecule has 1 amide bonds. The van der Waals surface area contributed by atoms with E-state index in [4.69, 9.17) is 16.1 Å². The van der Waals surface area contributed by atoms with Gasteiger partial charge in [-0.15, -0.1) is 0 Å². The Balaban J connectivity index is 1.33. The number of aromatic nitrogens is 3. The van der Waals surface area contributed by atoms with Crippen LogP contribution in [-0.2, 0) is 5.60 Å². The molecule has 4 atom stereocenters. The van der Waals surface area contributed by atoms with Gasteiger partial charge < -0.3 is 19.3 Å². The van der Waals surface area contributed by atoms with Crippen LogP contribution in [0.3, 0.4) is 0 Å². The molecule has 0 aromatic carbocycles. The third-order valence-electron chi connectivity index (χ3n) is 5.62. The van der Waals surface area contributed by atoms with Gasteiger partial charge in [-0.1, -0.05) is 16.8 Å². The van der Waals surface area contributed by atoms with Gasteiger partial charge in [0, 0.05) is 23.9 Å². The number of aryl methyl sites for hydroxylation is 1. The van der Waals surface area contributed by atoms with Gasteiger partial charge in [-0.3, -0.25) is 4.79 Å². The quantitative estimate of drug-likeness (QED) is 0.736. The molecular weight excluding hydrogens is 356 g/mol. The summed E-state index contributed by atoms with van der Waals surface area (Å²) in [6, 6.07) is 3.50. The predicted molar refractivity (Wildman–Crippen MR) is 92.8 cm³/mol. The lowest BCUT2D eigenvalue weighted by Gasteiger charge is -2.27. The Morgan fingerprint density at radius 2 is 2.19 bits per heavy atom. The zero-order valence-corrected chi connectivity index (χ0v) is 14.8. The van der Waals surface area contributed by atoms with Crippen molar-refractivity contribution in [3.8, 4) is 0 Å². The summed E-state index contributed by atoms with van der Waals surface area (Å²) in [7, 11) is 0. The standard InChI is InChI=1S/C18H17ClN4O3/c1-9-2-14(22-26-9)17(24)21-16-11-4-18(25,5-12(11)16)13-3-10(19)7-23-8-20-6-15(13)23/h2-3,6-8,11-12,16,25H,4-5H2,1H3,(H,21,24)/t11-,12+,16+,18-. The molecule has 0 unspecified atom stereocenters.